The molecule has 0 aliphatic heterocycles. The van der Waals surface area contributed by atoms with Crippen molar-refractivity contribution in [1.29, 1.82) is 0 Å². The summed E-state index contributed by atoms with van der Waals surface area (Å²) in [7, 11) is 0. The molecule has 25 heavy (non-hydrogen) atoms. The second-order valence-corrected chi connectivity index (χ2v) is 7.38. The molecule has 1 aromatic rings. The second-order valence-electron chi connectivity index (χ2n) is 7.38. The number of Topliss-reactive ketones (excluding diaryl/α,β-unsaturated/α-hetero) is 2. The largest absolute Gasteiger partial charge is 0.300 e. The zero-order chi connectivity index (χ0) is 18.3. The van der Waals surface area contributed by atoms with Crippen LogP contribution in [0.1, 0.15) is 106 Å². The van der Waals surface area contributed by atoms with Gasteiger partial charge in [-0.1, -0.05) is 81.5 Å². The van der Waals surface area contributed by atoms with E-state index in [0.717, 1.165) is 30.4 Å². The Labute approximate surface area is 154 Å². The number of hydrogen-bond donors (Lipinski definition) is 0. The number of hydrogen-bond acceptors (Lipinski definition) is 2. The highest BCUT2D eigenvalue weighted by Gasteiger charge is 2.05. The van der Waals surface area contributed by atoms with Gasteiger partial charge >= 0.3 is 0 Å². The van der Waals surface area contributed by atoms with Crippen LogP contribution in [0.2, 0.25) is 0 Å². The van der Waals surface area contributed by atoms with Gasteiger partial charge in [0.2, 0.25) is 0 Å². The first-order valence-electron chi connectivity index (χ1n) is 10.2. The van der Waals surface area contributed by atoms with E-state index in [0.29, 0.717) is 12.2 Å². The molecule has 0 saturated heterocycles. The monoisotopic (exact) mass is 344 g/mol. The van der Waals surface area contributed by atoms with Gasteiger partial charge in [0.1, 0.15) is 5.78 Å². The average Bonchev–Trinajstić information content (AvgIpc) is 2.58. The highest BCUT2D eigenvalue weighted by Crippen LogP contribution is 2.14. The Hall–Kier alpha value is -1.44. The lowest BCUT2D eigenvalue weighted by Crippen LogP contribution is -1.99. The molecular weight excluding hydrogens is 308 g/mol. The Bertz CT molecular complexity index is 505. The number of aryl methyl sites for hydroxylation is 1. The summed E-state index contributed by atoms with van der Waals surface area (Å²) in [6.07, 6.45) is 15.0. The number of unbranched alkanes of at least 4 members (excludes halogenated alkanes) is 10. The Balaban J connectivity index is 1.87. The summed E-state index contributed by atoms with van der Waals surface area (Å²) in [5.41, 5.74) is 2.02. The molecule has 1 aromatic carbocycles. The van der Waals surface area contributed by atoms with Gasteiger partial charge in [-0.3, -0.25) is 4.79 Å². The minimum Gasteiger partial charge on any atom is -0.300 e. The fraction of sp³-hybridized carbons (Fsp3) is 0.652. The summed E-state index contributed by atoms with van der Waals surface area (Å²) in [4.78, 5) is 22.9. The van der Waals surface area contributed by atoms with Gasteiger partial charge < -0.3 is 4.79 Å². The molecule has 0 aromatic heterocycles. The standard InChI is InChI=1S/C23H36O2/c1-20-15-14-17-22(19-20)23(25)18-13-11-9-7-5-3-4-6-8-10-12-16-21(2)24/h14-15,17,19H,3-13,16,18H2,1-2H3. The molecule has 0 atom stereocenters. The minimum atomic E-state index is 0.286. The van der Waals surface area contributed by atoms with Gasteiger partial charge in [-0.2, -0.15) is 0 Å². The summed E-state index contributed by atoms with van der Waals surface area (Å²) in [5, 5.41) is 0. The summed E-state index contributed by atoms with van der Waals surface area (Å²) < 4.78 is 0. The smallest absolute Gasteiger partial charge is 0.162 e. The summed E-state index contributed by atoms with van der Waals surface area (Å²) in [5.74, 6) is 0.606. The maximum atomic E-state index is 12.1. The Kier molecular flexibility index (Phi) is 11.9. The van der Waals surface area contributed by atoms with Crippen molar-refractivity contribution in [3.05, 3.63) is 35.4 Å². The predicted octanol–water partition coefficient (Wildman–Crippen LogP) is 6.84. The van der Waals surface area contributed by atoms with E-state index in [1.165, 1.54) is 57.8 Å². The molecule has 0 aliphatic rings. The van der Waals surface area contributed by atoms with Crippen LogP contribution in [0.3, 0.4) is 0 Å². The molecule has 0 fully saturated rings. The van der Waals surface area contributed by atoms with Gasteiger partial charge in [0.05, 0.1) is 0 Å². The van der Waals surface area contributed by atoms with E-state index >= 15 is 0 Å². The van der Waals surface area contributed by atoms with Gasteiger partial charge in [0.25, 0.3) is 0 Å². The topological polar surface area (TPSA) is 34.1 Å². The first kappa shape index (κ1) is 21.6. The van der Waals surface area contributed by atoms with E-state index in [4.69, 9.17) is 0 Å². The van der Waals surface area contributed by atoms with Crippen molar-refractivity contribution in [3.8, 4) is 0 Å². The molecule has 0 radical (unpaired) electrons. The van der Waals surface area contributed by atoms with E-state index in [2.05, 4.69) is 0 Å². The molecule has 0 heterocycles. The molecule has 140 valence electrons. The zero-order valence-electron chi connectivity index (χ0n) is 16.3. The maximum absolute atomic E-state index is 12.1. The van der Waals surface area contributed by atoms with Crippen LogP contribution in [0.5, 0.6) is 0 Å². The number of carbonyl (C=O) groups is 2. The summed E-state index contributed by atoms with van der Waals surface area (Å²) >= 11 is 0. The highest BCUT2D eigenvalue weighted by atomic mass is 16.1. The third-order valence-corrected chi connectivity index (χ3v) is 4.77. The highest BCUT2D eigenvalue weighted by molar-refractivity contribution is 5.96. The van der Waals surface area contributed by atoms with E-state index < -0.39 is 0 Å². The van der Waals surface area contributed by atoms with E-state index in [9.17, 15) is 9.59 Å². The van der Waals surface area contributed by atoms with Crippen LogP contribution in [0.15, 0.2) is 24.3 Å². The fourth-order valence-corrected chi connectivity index (χ4v) is 3.21. The number of benzene rings is 1. The molecule has 2 nitrogen and oxygen atoms in total. The van der Waals surface area contributed by atoms with Crippen LogP contribution in [-0.2, 0) is 4.79 Å². The molecule has 0 saturated carbocycles. The molecule has 1 rings (SSSR count). The molecule has 0 unspecified atom stereocenters. The van der Waals surface area contributed by atoms with Crippen molar-refractivity contribution in [2.45, 2.75) is 97.3 Å². The van der Waals surface area contributed by atoms with Crippen LogP contribution in [-0.4, -0.2) is 11.6 Å². The maximum Gasteiger partial charge on any atom is 0.162 e. The Morgan fingerprint density at radius 3 is 1.68 bits per heavy atom. The van der Waals surface area contributed by atoms with Gasteiger partial charge in [-0.05, 0) is 32.8 Å². The first-order valence-corrected chi connectivity index (χ1v) is 10.2. The molecule has 0 amide bonds. The molecule has 0 aliphatic carbocycles. The average molecular weight is 345 g/mol. The molecular formula is C23H36O2. The van der Waals surface area contributed by atoms with Crippen molar-refractivity contribution in [2.24, 2.45) is 0 Å². The van der Waals surface area contributed by atoms with Crippen molar-refractivity contribution < 1.29 is 9.59 Å². The van der Waals surface area contributed by atoms with Gasteiger partial charge in [0, 0.05) is 18.4 Å². The minimum absolute atomic E-state index is 0.286. The fourth-order valence-electron chi connectivity index (χ4n) is 3.21. The lowest BCUT2D eigenvalue weighted by atomic mass is 10.0. The lowest BCUT2D eigenvalue weighted by Gasteiger charge is -2.04. The van der Waals surface area contributed by atoms with Crippen LogP contribution in [0.25, 0.3) is 0 Å². The Morgan fingerprint density at radius 1 is 0.720 bits per heavy atom. The number of ketones is 2. The van der Waals surface area contributed by atoms with Crippen LogP contribution in [0, 0.1) is 6.92 Å². The number of rotatable bonds is 15. The van der Waals surface area contributed by atoms with E-state index in [-0.39, 0.29) is 5.78 Å². The molecule has 0 bridgehead atoms. The van der Waals surface area contributed by atoms with Crippen LogP contribution in [0.4, 0.5) is 0 Å². The summed E-state index contributed by atoms with van der Waals surface area (Å²) in [6, 6.07) is 7.91. The van der Waals surface area contributed by atoms with Crippen molar-refractivity contribution >= 4 is 11.6 Å². The van der Waals surface area contributed by atoms with Crippen LogP contribution >= 0.6 is 0 Å². The third-order valence-electron chi connectivity index (χ3n) is 4.77. The molecule has 2 heteroatoms. The zero-order valence-corrected chi connectivity index (χ0v) is 16.3. The molecule has 0 N–H and O–H groups in total. The van der Waals surface area contributed by atoms with Gasteiger partial charge in [-0.15, -0.1) is 0 Å². The van der Waals surface area contributed by atoms with Gasteiger partial charge in [0.15, 0.2) is 5.78 Å². The molecule has 0 spiro atoms. The third kappa shape index (κ3) is 11.7. The normalized spacial score (nSPS) is 10.8. The van der Waals surface area contributed by atoms with Crippen molar-refractivity contribution in [2.75, 3.05) is 0 Å². The Morgan fingerprint density at radius 2 is 1.20 bits per heavy atom. The lowest BCUT2D eigenvalue weighted by molar-refractivity contribution is -0.117. The van der Waals surface area contributed by atoms with E-state index in [1.54, 1.807) is 6.92 Å². The first-order chi connectivity index (χ1) is 12.1. The van der Waals surface area contributed by atoms with Gasteiger partial charge in [-0.25, -0.2) is 0 Å². The van der Waals surface area contributed by atoms with Crippen molar-refractivity contribution in [3.63, 3.8) is 0 Å². The summed E-state index contributed by atoms with van der Waals surface area (Å²) in [6.45, 7) is 3.71. The predicted molar refractivity (Wildman–Crippen MR) is 106 cm³/mol. The number of carbonyl (C=O) groups excluding carboxylic acids is 2. The quantitative estimate of drug-likeness (QED) is 0.258. The van der Waals surface area contributed by atoms with Crippen LogP contribution < -0.4 is 0 Å². The van der Waals surface area contributed by atoms with Crippen molar-refractivity contribution in [1.82, 2.24) is 0 Å². The second kappa shape index (κ2) is 13.8. The SMILES string of the molecule is CC(=O)CCCCCCCCCCCCCC(=O)c1cccc(C)c1. The van der Waals surface area contributed by atoms with E-state index in [1.807, 2.05) is 31.2 Å².